The highest BCUT2D eigenvalue weighted by Crippen LogP contribution is 2.17. The monoisotopic (exact) mass is 381 g/mol. The second kappa shape index (κ2) is 8.15. The predicted molar refractivity (Wildman–Crippen MR) is 98.9 cm³/mol. The van der Waals surface area contributed by atoms with Gasteiger partial charge in [0, 0.05) is 26.3 Å². The van der Waals surface area contributed by atoms with Crippen LogP contribution in [-0.2, 0) is 16.8 Å². The van der Waals surface area contributed by atoms with Crippen LogP contribution in [0.15, 0.2) is 30.6 Å². The fraction of sp³-hybridized carbons (Fsp3) is 0.400. The lowest BCUT2D eigenvalue weighted by Crippen LogP contribution is -2.32. The number of rotatable bonds is 7. The fourth-order valence-corrected chi connectivity index (χ4v) is 2.79. The molecule has 0 fully saturated rings. The van der Waals surface area contributed by atoms with E-state index in [1.165, 1.54) is 26.5 Å². The van der Waals surface area contributed by atoms with Gasteiger partial charge in [-0.25, -0.2) is 14.5 Å². The molecule has 0 saturated heterocycles. The summed E-state index contributed by atoms with van der Waals surface area (Å²) in [5, 5.41) is 9.51. The van der Waals surface area contributed by atoms with Crippen LogP contribution in [0.1, 0.15) is 25.7 Å². The Labute approximate surface area is 152 Å². The lowest BCUT2D eigenvalue weighted by atomic mass is 10.3. The van der Waals surface area contributed by atoms with Gasteiger partial charge < -0.3 is 10.6 Å². The first-order valence-corrected chi connectivity index (χ1v) is 9.42. The second-order valence-electron chi connectivity index (χ2n) is 5.72. The van der Waals surface area contributed by atoms with E-state index in [4.69, 9.17) is 0 Å². The van der Waals surface area contributed by atoms with E-state index in [1.54, 1.807) is 29.8 Å². The van der Waals surface area contributed by atoms with Gasteiger partial charge in [-0.3, -0.25) is 4.72 Å². The average molecular weight is 381 g/mol. The minimum atomic E-state index is -3.62. The molecule has 0 bridgehead atoms. The first kappa shape index (κ1) is 19.7. The van der Waals surface area contributed by atoms with Crippen LogP contribution in [-0.4, -0.2) is 47.6 Å². The van der Waals surface area contributed by atoms with Crippen molar-refractivity contribution in [2.75, 3.05) is 24.1 Å². The van der Waals surface area contributed by atoms with Gasteiger partial charge in [-0.15, -0.1) is 0 Å². The van der Waals surface area contributed by atoms with E-state index in [1.807, 2.05) is 6.92 Å². The van der Waals surface area contributed by atoms with Gasteiger partial charge in [0.1, 0.15) is 12.2 Å². The highest BCUT2D eigenvalue weighted by Gasteiger charge is 2.16. The largest absolute Gasteiger partial charge is 0.328 e. The molecular formula is C15H23N7O3S. The number of urea groups is 1. The number of benzene rings is 1. The predicted octanol–water partition coefficient (Wildman–Crippen LogP) is 1.40. The third-order valence-corrected chi connectivity index (χ3v) is 4.98. The molecule has 0 aliphatic heterocycles. The molecule has 0 aliphatic rings. The molecule has 142 valence electrons. The number of hydrogen-bond donors (Lipinski definition) is 3. The summed E-state index contributed by atoms with van der Waals surface area (Å²) in [5.74, 6) is 0.648. The molecule has 2 rings (SSSR count). The second-order valence-corrected chi connectivity index (χ2v) is 7.61. The summed E-state index contributed by atoms with van der Waals surface area (Å²) in [6.45, 7) is 4.39. The maximum absolute atomic E-state index is 12.2. The fourth-order valence-electron chi connectivity index (χ4n) is 2.18. The molecule has 10 nitrogen and oxygen atoms in total. The van der Waals surface area contributed by atoms with Crippen LogP contribution in [0.5, 0.6) is 0 Å². The van der Waals surface area contributed by atoms with Crippen molar-refractivity contribution in [1.82, 2.24) is 24.4 Å². The van der Waals surface area contributed by atoms with Crippen molar-refractivity contribution in [3.05, 3.63) is 36.4 Å². The number of carbonyl (C=O) groups excluding carboxylic acids is 1. The Kier molecular flexibility index (Phi) is 6.16. The molecule has 0 saturated carbocycles. The van der Waals surface area contributed by atoms with Crippen molar-refractivity contribution in [2.45, 2.75) is 26.4 Å². The number of nitrogens with one attached hydrogen (secondary N) is 3. The van der Waals surface area contributed by atoms with Crippen LogP contribution in [0.2, 0.25) is 0 Å². The molecule has 2 amide bonds. The van der Waals surface area contributed by atoms with Crippen LogP contribution in [0.25, 0.3) is 0 Å². The Morgan fingerprint density at radius 3 is 2.65 bits per heavy atom. The molecule has 11 heteroatoms. The van der Waals surface area contributed by atoms with Crippen LogP contribution in [0.3, 0.4) is 0 Å². The smallest absolute Gasteiger partial charge is 0.319 e. The third kappa shape index (κ3) is 4.92. The van der Waals surface area contributed by atoms with Crippen LogP contribution in [0.4, 0.5) is 16.2 Å². The lowest BCUT2D eigenvalue weighted by molar-refractivity contribution is 0.248. The zero-order valence-electron chi connectivity index (χ0n) is 15.1. The first-order chi connectivity index (χ1) is 12.2. The minimum absolute atomic E-state index is 0.340. The average Bonchev–Trinajstić information content (AvgIpc) is 3.03. The first-order valence-electron chi connectivity index (χ1n) is 7.98. The number of carbonyl (C=O) groups is 1. The topological polar surface area (TPSA) is 121 Å². The molecule has 0 aliphatic carbocycles. The summed E-state index contributed by atoms with van der Waals surface area (Å²) < 4.78 is 28.9. The Morgan fingerprint density at radius 2 is 2.00 bits per heavy atom. The quantitative estimate of drug-likeness (QED) is 0.669. The maximum Gasteiger partial charge on any atom is 0.319 e. The van der Waals surface area contributed by atoms with Crippen molar-refractivity contribution in [3.63, 3.8) is 0 Å². The van der Waals surface area contributed by atoms with Crippen molar-refractivity contribution >= 4 is 27.6 Å². The molecule has 0 unspecified atom stereocenters. The third-order valence-electron chi connectivity index (χ3n) is 3.53. The van der Waals surface area contributed by atoms with Gasteiger partial charge in [0.2, 0.25) is 0 Å². The summed E-state index contributed by atoms with van der Waals surface area (Å²) in [6.07, 6.45) is 1.44. The normalized spacial score (nSPS) is 12.7. The molecule has 1 aromatic heterocycles. The summed E-state index contributed by atoms with van der Waals surface area (Å²) in [6, 6.07) is 5.65. The van der Waals surface area contributed by atoms with Gasteiger partial charge in [-0.1, -0.05) is 6.07 Å². The van der Waals surface area contributed by atoms with Gasteiger partial charge in [-0.05, 0) is 32.0 Å². The number of anilines is 2. The molecule has 3 N–H and O–H groups in total. The molecule has 1 heterocycles. The van der Waals surface area contributed by atoms with Gasteiger partial charge in [-0.2, -0.15) is 17.8 Å². The van der Waals surface area contributed by atoms with Crippen molar-refractivity contribution < 1.29 is 13.2 Å². The highest BCUT2D eigenvalue weighted by atomic mass is 32.2. The Morgan fingerprint density at radius 1 is 1.31 bits per heavy atom. The summed E-state index contributed by atoms with van der Waals surface area (Å²) in [7, 11) is -0.766. The number of amides is 2. The van der Waals surface area contributed by atoms with Gasteiger partial charge in [0.15, 0.2) is 0 Å². The molecule has 0 radical (unpaired) electrons. The lowest BCUT2D eigenvalue weighted by Gasteiger charge is -2.16. The van der Waals surface area contributed by atoms with Crippen molar-refractivity contribution in [2.24, 2.45) is 0 Å². The van der Waals surface area contributed by atoms with E-state index in [-0.39, 0.29) is 6.04 Å². The number of hydrogen-bond acceptors (Lipinski definition) is 5. The molecule has 1 atom stereocenters. The summed E-state index contributed by atoms with van der Waals surface area (Å²) in [5.41, 5.74) is 0.792. The summed E-state index contributed by atoms with van der Waals surface area (Å²) in [4.78, 5) is 16.3. The van der Waals surface area contributed by atoms with Crippen molar-refractivity contribution in [3.8, 4) is 0 Å². The molecule has 26 heavy (non-hydrogen) atoms. The minimum Gasteiger partial charge on any atom is -0.328 e. The zero-order chi connectivity index (χ0) is 19.3. The molecule has 0 spiro atoms. The van der Waals surface area contributed by atoms with Crippen LogP contribution < -0.4 is 15.4 Å². The van der Waals surface area contributed by atoms with Gasteiger partial charge in [0.05, 0.1) is 11.7 Å². The van der Waals surface area contributed by atoms with E-state index in [9.17, 15) is 13.2 Å². The Balaban J connectivity index is 2.02. The molecular weight excluding hydrogens is 358 g/mol. The standard InChI is InChI=1S/C15H23N7O3S/c1-5-22-14(16-10-17-22)11(2)18-15(23)19-12-7-6-8-13(9-12)20-26(24,25)21(3)4/h6-11,20H,5H2,1-4H3,(H2,18,19,23)/t11-/m1/s1. The zero-order valence-corrected chi connectivity index (χ0v) is 15.9. The number of aromatic nitrogens is 3. The number of nitrogens with zero attached hydrogens (tertiary/aromatic N) is 4. The van der Waals surface area contributed by atoms with Crippen LogP contribution >= 0.6 is 0 Å². The van der Waals surface area contributed by atoms with Gasteiger partial charge in [0.25, 0.3) is 0 Å². The van der Waals surface area contributed by atoms with Gasteiger partial charge >= 0.3 is 16.2 Å². The van der Waals surface area contributed by atoms with E-state index in [0.717, 1.165) is 4.31 Å². The molecule has 1 aromatic carbocycles. The van der Waals surface area contributed by atoms with E-state index in [0.29, 0.717) is 23.7 Å². The Bertz CT molecular complexity index is 864. The van der Waals surface area contributed by atoms with E-state index in [2.05, 4.69) is 25.4 Å². The van der Waals surface area contributed by atoms with E-state index >= 15 is 0 Å². The number of aryl methyl sites for hydroxylation is 1. The maximum atomic E-state index is 12.2. The highest BCUT2D eigenvalue weighted by molar-refractivity contribution is 7.90. The van der Waals surface area contributed by atoms with E-state index < -0.39 is 16.2 Å². The van der Waals surface area contributed by atoms with Crippen LogP contribution in [0, 0.1) is 0 Å². The van der Waals surface area contributed by atoms with Crippen molar-refractivity contribution in [1.29, 1.82) is 0 Å². The Hall–Kier alpha value is -2.66. The summed E-state index contributed by atoms with van der Waals surface area (Å²) >= 11 is 0. The molecule has 2 aromatic rings. The SMILES string of the molecule is CCn1ncnc1[C@@H](C)NC(=O)Nc1cccc(NS(=O)(=O)N(C)C)c1.